The zero-order valence-electron chi connectivity index (χ0n) is 20.6. The Morgan fingerprint density at radius 3 is 2.39 bits per heavy atom. The maximum Gasteiger partial charge on any atom is 0.433 e. The molecule has 10 nitrogen and oxygen atoms in total. The standard InChI is InChI=1S/C25H24F3N7O3/c1-33-21(24(37)34-10-4-3-5-11-34)19(14-29-33)32-23(36)17-13-30-35-20(25(26,27)28)12-18(31-22(17)35)15-6-8-16(38-2)9-7-15/h6-9,12-14H,3-5,10-11H2,1-2H3,(H,32,36). The SMILES string of the molecule is COc1ccc(-c2cc(C(F)(F)F)n3ncc(C(=O)Nc4cnn(C)c4C(=O)N4CCCCC4)c3n2)cc1. The lowest BCUT2D eigenvalue weighted by atomic mass is 10.1. The summed E-state index contributed by atoms with van der Waals surface area (Å²) >= 11 is 0. The van der Waals surface area contributed by atoms with Crippen molar-refractivity contribution < 1.29 is 27.5 Å². The van der Waals surface area contributed by atoms with Crippen LogP contribution in [-0.4, -0.2) is 61.3 Å². The van der Waals surface area contributed by atoms with Crippen molar-refractivity contribution in [3.05, 3.63) is 59.7 Å². The quantitative estimate of drug-likeness (QED) is 0.420. The van der Waals surface area contributed by atoms with E-state index >= 15 is 0 Å². The molecule has 1 N–H and O–H groups in total. The third-order valence-corrected chi connectivity index (χ3v) is 6.43. The van der Waals surface area contributed by atoms with Crippen LogP contribution in [0.1, 0.15) is 45.8 Å². The number of hydrogen-bond acceptors (Lipinski definition) is 6. The third kappa shape index (κ3) is 4.66. The van der Waals surface area contributed by atoms with Crippen LogP contribution in [0.2, 0.25) is 0 Å². The van der Waals surface area contributed by atoms with Gasteiger partial charge in [-0.3, -0.25) is 14.3 Å². The molecule has 3 aromatic heterocycles. The van der Waals surface area contributed by atoms with Crippen molar-refractivity contribution in [2.45, 2.75) is 25.4 Å². The van der Waals surface area contributed by atoms with Gasteiger partial charge < -0.3 is 15.0 Å². The lowest BCUT2D eigenvalue weighted by Crippen LogP contribution is -2.37. The number of piperidine rings is 1. The molecule has 4 heterocycles. The number of halogens is 3. The first-order valence-corrected chi connectivity index (χ1v) is 11.9. The van der Waals surface area contributed by atoms with E-state index in [4.69, 9.17) is 4.74 Å². The van der Waals surface area contributed by atoms with E-state index < -0.39 is 17.8 Å². The number of anilines is 1. The summed E-state index contributed by atoms with van der Waals surface area (Å²) in [4.78, 5) is 32.4. The summed E-state index contributed by atoms with van der Waals surface area (Å²) in [6.45, 7) is 1.20. The van der Waals surface area contributed by atoms with E-state index in [1.807, 2.05) is 0 Å². The largest absolute Gasteiger partial charge is 0.497 e. The molecule has 38 heavy (non-hydrogen) atoms. The molecule has 1 aliphatic rings. The minimum atomic E-state index is -4.76. The Morgan fingerprint density at radius 2 is 1.74 bits per heavy atom. The number of hydrogen-bond donors (Lipinski definition) is 1. The molecule has 13 heteroatoms. The molecule has 0 aliphatic carbocycles. The monoisotopic (exact) mass is 527 g/mol. The number of aryl methyl sites for hydroxylation is 1. The van der Waals surface area contributed by atoms with Crippen molar-refractivity contribution in [2.24, 2.45) is 7.05 Å². The number of nitrogens with one attached hydrogen (secondary N) is 1. The van der Waals surface area contributed by atoms with Crippen LogP contribution in [0.15, 0.2) is 42.7 Å². The maximum atomic E-state index is 13.9. The Hall–Kier alpha value is -4.42. The highest BCUT2D eigenvalue weighted by atomic mass is 19.4. The van der Waals surface area contributed by atoms with Gasteiger partial charge >= 0.3 is 6.18 Å². The van der Waals surface area contributed by atoms with Crippen LogP contribution in [0.5, 0.6) is 5.75 Å². The highest BCUT2D eigenvalue weighted by Gasteiger charge is 2.36. The van der Waals surface area contributed by atoms with Gasteiger partial charge in [0.2, 0.25) is 0 Å². The van der Waals surface area contributed by atoms with Crippen molar-refractivity contribution in [1.29, 1.82) is 0 Å². The molecule has 1 aliphatic heterocycles. The van der Waals surface area contributed by atoms with Crippen molar-refractivity contribution >= 4 is 23.1 Å². The van der Waals surface area contributed by atoms with Crippen LogP contribution < -0.4 is 10.1 Å². The number of amides is 2. The molecule has 0 spiro atoms. The van der Waals surface area contributed by atoms with E-state index in [1.165, 1.54) is 18.0 Å². The van der Waals surface area contributed by atoms with Crippen LogP contribution in [0.3, 0.4) is 0 Å². The number of nitrogens with zero attached hydrogens (tertiary/aromatic N) is 6. The fraction of sp³-hybridized carbons (Fsp3) is 0.320. The van der Waals surface area contributed by atoms with Gasteiger partial charge in [-0.2, -0.15) is 23.4 Å². The molecule has 0 atom stereocenters. The van der Waals surface area contributed by atoms with Crippen LogP contribution in [0.4, 0.5) is 18.9 Å². The summed E-state index contributed by atoms with van der Waals surface area (Å²) in [5.41, 5.74) is -0.830. The van der Waals surface area contributed by atoms with E-state index in [0.717, 1.165) is 31.5 Å². The Kier molecular flexibility index (Phi) is 6.51. The van der Waals surface area contributed by atoms with E-state index in [2.05, 4.69) is 20.5 Å². The number of methoxy groups -OCH3 is 1. The van der Waals surface area contributed by atoms with E-state index in [0.29, 0.717) is 28.9 Å². The van der Waals surface area contributed by atoms with Gasteiger partial charge in [0.25, 0.3) is 11.8 Å². The Bertz CT molecular complexity index is 1500. The molecule has 4 aromatic rings. The van der Waals surface area contributed by atoms with Gasteiger partial charge in [-0.15, -0.1) is 0 Å². The highest BCUT2D eigenvalue weighted by molar-refractivity contribution is 6.11. The zero-order chi connectivity index (χ0) is 27.0. The van der Waals surface area contributed by atoms with E-state index in [-0.39, 0.29) is 34.2 Å². The second kappa shape index (κ2) is 9.80. The average molecular weight is 528 g/mol. The number of alkyl halides is 3. The number of likely N-dealkylation sites (tertiary alicyclic amines) is 1. The van der Waals surface area contributed by atoms with Crippen molar-refractivity contribution in [2.75, 3.05) is 25.5 Å². The normalized spacial score (nSPS) is 14.1. The zero-order valence-corrected chi connectivity index (χ0v) is 20.6. The first-order valence-electron chi connectivity index (χ1n) is 11.9. The topological polar surface area (TPSA) is 107 Å². The lowest BCUT2D eigenvalue weighted by Gasteiger charge is -2.27. The fourth-order valence-corrected chi connectivity index (χ4v) is 4.45. The number of carbonyl (C=O) groups excluding carboxylic acids is 2. The van der Waals surface area contributed by atoms with E-state index in [9.17, 15) is 22.8 Å². The lowest BCUT2D eigenvalue weighted by molar-refractivity contribution is -0.142. The van der Waals surface area contributed by atoms with Crippen LogP contribution in [-0.2, 0) is 13.2 Å². The number of rotatable bonds is 5. The van der Waals surface area contributed by atoms with Gasteiger partial charge in [0.15, 0.2) is 11.3 Å². The molecular weight excluding hydrogens is 503 g/mol. The molecule has 0 bridgehead atoms. The molecule has 0 saturated carbocycles. The first-order chi connectivity index (χ1) is 18.2. The van der Waals surface area contributed by atoms with Gasteiger partial charge in [-0.25, -0.2) is 9.50 Å². The van der Waals surface area contributed by atoms with Gasteiger partial charge in [0.1, 0.15) is 17.0 Å². The number of carbonyl (C=O) groups is 2. The van der Waals surface area contributed by atoms with E-state index in [1.54, 1.807) is 36.2 Å². The van der Waals surface area contributed by atoms with Crippen LogP contribution >= 0.6 is 0 Å². The predicted octanol–water partition coefficient (Wildman–Crippen LogP) is 4.04. The van der Waals surface area contributed by atoms with Crippen molar-refractivity contribution in [3.63, 3.8) is 0 Å². The second-order valence-corrected chi connectivity index (χ2v) is 8.88. The Balaban J connectivity index is 1.53. The molecule has 1 saturated heterocycles. The molecule has 0 unspecified atom stereocenters. The Morgan fingerprint density at radius 1 is 1.03 bits per heavy atom. The summed E-state index contributed by atoms with van der Waals surface area (Å²) < 4.78 is 48.9. The number of aromatic nitrogens is 5. The van der Waals surface area contributed by atoms with Crippen LogP contribution in [0, 0.1) is 0 Å². The van der Waals surface area contributed by atoms with Crippen molar-refractivity contribution in [3.8, 4) is 17.0 Å². The predicted molar refractivity (Wildman–Crippen MR) is 131 cm³/mol. The van der Waals surface area contributed by atoms with Gasteiger partial charge in [-0.1, -0.05) is 0 Å². The minimum Gasteiger partial charge on any atom is -0.497 e. The first kappa shape index (κ1) is 25.2. The smallest absolute Gasteiger partial charge is 0.433 e. The highest BCUT2D eigenvalue weighted by Crippen LogP contribution is 2.33. The molecule has 2 amide bonds. The molecule has 0 radical (unpaired) electrons. The summed E-state index contributed by atoms with van der Waals surface area (Å²) in [7, 11) is 3.06. The Labute approximate surface area is 215 Å². The van der Waals surface area contributed by atoms with Crippen molar-refractivity contribution in [1.82, 2.24) is 29.3 Å². The van der Waals surface area contributed by atoms with Gasteiger partial charge in [0.05, 0.1) is 30.9 Å². The molecule has 198 valence electrons. The summed E-state index contributed by atoms with van der Waals surface area (Å²) in [6.07, 6.45) is 0.401. The minimum absolute atomic E-state index is 0.00405. The van der Waals surface area contributed by atoms with Gasteiger partial charge in [-0.05, 0) is 49.6 Å². The number of benzene rings is 1. The molecule has 5 rings (SSSR count). The summed E-state index contributed by atoms with van der Waals surface area (Å²) in [5.74, 6) is -0.519. The maximum absolute atomic E-state index is 13.9. The molecule has 1 aromatic carbocycles. The van der Waals surface area contributed by atoms with Crippen LogP contribution in [0.25, 0.3) is 16.9 Å². The molecular formula is C25H24F3N7O3. The average Bonchev–Trinajstić information content (AvgIpc) is 3.50. The summed E-state index contributed by atoms with van der Waals surface area (Å²) in [6, 6.07) is 7.22. The number of fused-ring (bicyclic) bond motifs is 1. The van der Waals surface area contributed by atoms with Gasteiger partial charge in [0, 0.05) is 25.7 Å². The number of ether oxygens (including phenoxy) is 1. The molecule has 1 fully saturated rings. The second-order valence-electron chi connectivity index (χ2n) is 8.88. The third-order valence-electron chi connectivity index (χ3n) is 6.43. The fourth-order valence-electron chi connectivity index (χ4n) is 4.45. The summed E-state index contributed by atoms with van der Waals surface area (Å²) in [5, 5.41) is 10.5.